The summed E-state index contributed by atoms with van der Waals surface area (Å²) in [6, 6.07) is 17.2. The van der Waals surface area contributed by atoms with E-state index in [1.54, 1.807) is 18.2 Å². The summed E-state index contributed by atoms with van der Waals surface area (Å²) in [5, 5.41) is 4.13. The fourth-order valence-electron chi connectivity index (χ4n) is 4.76. The zero-order valence-electron chi connectivity index (χ0n) is 26.8. The Morgan fingerprint density at radius 2 is 1.22 bits per heavy atom. The minimum absolute atomic E-state index is 0.0177. The molecule has 0 radical (unpaired) electrons. The number of rotatable bonds is 12. The molecule has 3 N–H and O–H groups in total. The minimum atomic E-state index is -3.67. The van der Waals surface area contributed by atoms with Gasteiger partial charge in [0, 0.05) is 41.3 Å². The Hall–Kier alpha value is -2.74. The molecule has 49 heavy (non-hydrogen) atoms. The Labute approximate surface area is 297 Å². The molecule has 4 aromatic rings. The Morgan fingerprint density at radius 1 is 0.714 bits per heavy atom. The first-order valence-corrected chi connectivity index (χ1v) is 23.0. The van der Waals surface area contributed by atoms with E-state index in [4.69, 9.17) is 5.73 Å². The predicted molar refractivity (Wildman–Crippen MR) is 193 cm³/mol. The molecule has 17 heteroatoms. The summed E-state index contributed by atoms with van der Waals surface area (Å²) in [6.07, 6.45) is 1.78. The van der Waals surface area contributed by atoms with Crippen molar-refractivity contribution in [2.45, 2.75) is 54.3 Å². The summed E-state index contributed by atoms with van der Waals surface area (Å²) in [5.41, 5.74) is 5.55. The summed E-state index contributed by atoms with van der Waals surface area (Å²) < 4.78 is 99.2. The fourth-order valence-corrected chi connectivity index (χ4v) is 12.1. The van der Waals surface area contributed by atoms with Gasteiger partial charge in [0.2, 0.25) is 19.7 Å². The largest absolute Gasteiger partial charge is 0.326 e. The first-order valence-electron chi connectivity index (χ1n) is 15.2. The Kier molecular flexibility index (Phi) is 13.2. The zero-order valence-corrected chi connectivity index (χ0v) is 31.7. The van der Waals surface area contributed by atoms with Crippen LogP contribution in [0.15, 0.2) is 113 Å². The van der Waals surface area contributed by atoms with Gasteiger partial charge in [-0.1, -0.05) is 13.5 Å². The molecule has 0 aliphatic carbocycles. The zero-order chi connectivity index (χ0) is 35.9. The molecule has 0 spiro atoms. The van der Waals surface area contributed by atoms with E-state index in [-0.39, 0.29) is 40.3 Å². The smallest absolute Gasteiger partial charge is 0.215 e. The van der Waals surface area contributed by atoms with Crippen molar-refractivity contribution in [2.75, 3.05) is 38.5 Å². The molecule has 0 unspecified atom stereocenters. The fraction of sp³-hybridized carbons (Fsp3) is 0.312. The highest BCUT2D eigenvalue weighted by Crippen LogP contribution is 2.30. The lowest BCUT2D eigenvalue weighted by molar-refractivity contribution is 0.309. The molecule has 2 aromatic carbocycles. The number of aryl methyl sites for hydroxylation is 1. The average molecular weight is 786 g/mol. The van der Waals surface area contributed by atoms with Crippen LogP contribution in [0.1, 0.15) is 23.1 Å². The molecule has 3 heterocycles. The number of thiophene rings is 2. The van der Waals surface area contributed by atoms with E-state index in [9.17, 15) is 33.7 Å². The highest BCUT2D eigenvalue weighted by molar-refractivity contribution is 7.94. The van der Waals surface area contributed by atoms with Crippen molar-refractivity contribution in [3.63, 3.8) is 0 Å². The number of nitrogens with one attached hydrogen (secondary N) is 1. The molecular weight excluding hydrogens is 747 g/mol. The first kappa shape index (κ1) is 39.1. The van der Waals surface area contributed by atoms with Crippen LogP contribution in [-0.2, 0) is 52.3 Å². The maximum atomic E-state index is 12.7. The number of hydrogen-bond donors (Lipinski definition) is 2. The second kappa shape index (κ2) is 16.5. The van der Waals surface area contributed by atoms with Crippen molar-refractivity contribution in [2.24, 2.45) is 5.73 Å². The number of benzene rings is 2. The average Bonchev–Trinajstić information content (AvgIpc) is 3.73. The maximum absolute atomic E-state index is 12.7. The van der Waals surface area contributed by atoms with E-state index >= 15 is 0 Å². The highest BCUT2D eigenvalue weighted by Gasteiger charge is 2.23. The van der Waals surface area contributed by atoms with Crippen LogP contribution in [0.5, 0.6) is 0 Å². The van der Waals surface area contributed by atoms with Crippen LogP contribution in [0.3, 0.4) is 0 Å². The van der Waals surface area contributed by atoms with Gasteiger partial charge in [-0.2, -0.15) is 0 Å². The number of nitrogens with two attached hydrogens (primary N) is 1. The quantitative estimate of drug-likeness (QED) is 0.211. The van der Waals surface area contributed by atoms with Gasteiger partial charge in [0.15, 0.2) is 19.7 Å². The Bertz CT molecular complexity index is 2170. The van der Waals surface area contributed by atoms with Crippen LogP contribution < -0.4 is 11.1 Å². The molecule has 1 fully saturated rings. The third-order valence-electron chi connectivity index (χ3n) is 7.64. The molecule has 1 aliphatic heterocycles. The van der Waals surface area contributed by atoms with Gasteiger partial charge in [0.05, 0.1) is 25.3 Å². The molecule has 0 saturated carbocycles. The van der Waals surface area contributed by atoms with Crippen LogP contribution >= 0.6 is 22.7 Å². The van der Waals surface area contributed by atoms with E-state index in [1.165, 1.54) is 65.9 Å². The Balaban J connectivity index is 0.000000230. The lowest BCUT2D eigenvalue weighted by Gasteiger charge is -2.19. The number of hydrogen-bond acceptors (Lipinski definition) is 13. The molecule has 1 aliphatic rings. The molecule has 0 amide bonds. The van der Waals surface area contributed by atoms with E-state index < -0.39 is 39.3 Å². The van der Waals surface area contributed by atoms with Crippen molar-refractivity contribution < 1.29 is 33.7 Å². The highest BCUT2D eigenvalue weighted by atomic mass is 32.2. The van der Waals surface area contributed by atoms with Gasteiger partial charge >= 0.3 is 0 Å². The van der Waals surface area contributed by atoms with Gasteiger partial charge in [-0.25, -0.2) is 33.7 Å². The second-order valence-electron chi connectivity index (χ2n) is 10.9. The summed E-state index contributed by atoms with van der Waals surface area (Å²) in [4.78, 5) is 4.24. The lowest BCUT2D eigenvalue weighted by Crippen LogP contribution is -2.32. The monoisotopic (exact) mass is 785 g/mol. The SMILES string of the molecule is C=CS(=O)(=O)c1ccc(S(=O)(=O)c2ccc(CC)s2)cc1.NCc1ccc(S(=O)(=O)c2ccc(S(=O)(=O)CCN3CCCNCC3)cc2)s1. The Morgan fingerprint density at radius 3 is 1.71 bits per heavy atom. The second-order valence-corrected chi connectivity index (χ2v) is 21.6. The molecular formula is C32H39N3O8S6. The molecule has 1 saturated heterocycles. The van der Waals surface area contributed by atoms with E-state index in [0.717, 1.165) is 65.5 Å². The molecule has 0 bridgehead atoms. The van der Waals surface area contributed by atoms with Crippen molar-refractivity contribution in [1.29, 1.82) is 0 Å². The number of sulfone groups is 4. The van der Waals surface area contributed by atoms with Crippen LogP contribution in [0.25, 0.3) is 0 Å². The summed E-state index contributed by atoms with van der Waals surface area (Å²) >= 11 is 2.35. The normalized spacial score (nSPS) is 14.8. The lowest BCUT2D eigenvalue weighted by atomic mass is 10.4. The molecule has 11 nitrogen and oxygen atoms in total. The van der Waals surface area contributed by atoms with Gasteiger partial charge in [0.25, 0.3) is 0 Å². The van der Waals surface area contributed by atoms with Gasteiger partial charge in [-0.05, 0) is 98.7 Å². The summed E-state index contributed by atoms with van der Waals surface area (Å²) in [6.45, 7) is 9.47. The van der Waals surface area contributed by atoms with Crippen LogP contribution in [0, 0.1) is 0 Å². The van der Waals surface area contributed by atoms with Crippen molar-refractivity contribution in [3.05, 3.63) is 94.5 Å². The van der Waals surface area contributed by atoms with Gasteiger partial charge < -0.3 is 16.0 Å². The third kappa shape index (κ3) is 9.74. The molecule has 0 atom stereocenters. The van der Waals surface area contributed by atoms with E-state index in [1.807, 2.05) is 6.92 Å². The standard InChI is InChI=1S/C18H25N3O4S3.C14H14O4S3/c19-14-15-2-7-18(26-15)28(24,25)17-5-3-16(4-6-17)27(22,23)13-12-21-10-1-8-20-9-11-21;1-3-11-5-10-14(19-11)21(17,18)13-8-6-12(7-9-13)20(15,16)4-2/h2-7,20H,1,8-14,19H2;4-10H,2-3H2,1H3. The molecule has 5 rings (SSSR count). The maximum Gasteiger partial charge on any atom is 0.215 e. The van der Waals surface area contributed by atoms with Crippen LogP contribution in [0.2, 0.25) is 0 Å². The van der Waals surface area contributed by atoms with E-state index in [0.29, 0.717) is 6.54 Å². The summed E-state index contributed by atoms with van der Waals surface area (Å²) in [7, 11) is -14.3. The van der Waals surface area contributed by atoms with Gasteiger partial charge in [-0.3, -0.25) is 0 Å². The minimum Gasteiger partial charge on any atom is -0.326 e. The number of nitrogens with zero attached hydrogens (tertiary/aromatic N) is 1. The van der Waals surface area contributed by atoms with Crippen LogP contribution in [0.4, 0.5) is 0 Å². The first-order chi connectivity index (χ1) is 23.1. The molecule has 266 valence electrons. The van der Waals surface area contributed by atoms with Crippen LogP contribution in [-0.4, -0.2) is 77.0 Å². The van der Waals surface area contributed by atoms with Crippen molar-refractivity contribution in [3.8, 4) is 0 Å². The predicted octanol–water partition coefficient (Wildman–Crippen LogP) is 4.17. The van der Waals surface area contributed by atoms with Gasteiger partial charge in [-0.15, -0.1) is 22.7 Å². The topological polar surface area (TPSA) is 178 Å². The van der Waals surface area contributed by atoms with E-state index in [2.05, 4.69) is 16.8 Å². The third-order valence-corrected chi connectivity index (χ3v) is 17.6. The summed E-state index contributed by atoms with van der Waals surface area (Å²) in [5.74, 6) is 0.0177. The molecule has 2 aromatic heterocycles. The van der Waals surface area contributed by atoms with Crippen molar-refractivity contribution >= 4 is 62.0 Å². The van der Waals surface area contributed by atoms with Gasteiger partial charge in [0.1, 0.15) is 8.42 Å². The van der Waals surface area contributed by atoms with Crippen molar-refractivity contribution in [1.82, 2.24) is 10.2 Å².